The maximum atomic E-state index is 11.9. The Morgan fingerprint density at radius 3 is 2.64 bits per heavy atom. The maximum absolute atomic E-state index is 11.9. The predicted octanol–water partition coefficient (Wildman–Crippen LogP) is 1.83. The normalized spacial score (nSPS) is 21.2. The molecule has 1 atom stereocenters. The van der Waals surface area contributed by atoms with Crippen LogP contribution in [0.3, 0.4) is 0 Å². The Morgan fingerprint density at radius 1 is 1.41 bits per heavy atom. The van der Waals surface area contributed by atoms with Gasteiger partial charge in [0.2, 0.25) is 5.91 Å². The van der Waals surface area contributed by atoms with Crippen LogP contribution in [0.25, 0.3) is 0 Å². The molecule has 6 nitrogen and oxygen atoms in total. The molecule has 1 heterocycles. The standard InChI is InChI=1S/C16H21N3O3/c1-3-14(20)19-10-4-9-16(11-19,22-2)12-5-7-13(8-6-12)18-15(17)21/h3,5-8H,1,4,9-11H2,2H3,(H3,17,18,21). The highest BCUT2D eigenvalue weighted by atomic mass is 16.5. The second kappa shape index (κ2) is 6.62. The first kappa shape index (κ1) is 16.0. The van der Waals surface area contributed by atoms with Crippen LogP contribution in [0.4, 0.5) is 10.5 Å². The number of carbonyl (C=O) groups excluding carboxylic acids is 2. The number of methoxy groups -OCH3 is 1. The number of urea groups is 1. The van der Waals surface area contributed by atoms with Crippen molar-refractivity contribution in [2.45, 2.75) is 18.4 Å². The monoisotopic (exact) mass is 303 g/mol. The van der Waals surface area contributed by atoms with E-state index in [1.807, 2.05) is 12.1 Å². The van der Waals surface area contributed by atoms with Crippen molar-refractivity contribution in [3.63, 3.8) is 0 Å². The Hall–Kier alpha value is -2.34. The Balaban J connectivity index is 2.24. The summed E-state index contributed by atoms with van der Waals surface area (Å²) in [4.78, 5) is 24.5. The van der Waals surface area contributed by atoms with Gasteiger partial charge in [0.05, 0.1) is 6.54 Å². The van der Waals surface area contributed by atoms with Crippen molar-refractivity contribution in [3.05, 3.63) is 42.5 Å². The first-order chi connectivity index (χ1) is 10.5. The molecule has 0 aromatic heterocycles. The summed E-state index contributed by atoms with van der Waals surface area (Å²) >= 11 is 0. The van der Waals surface area contributed by atoms with Gasteiger partial charge in [0.25, 0.3) is 0 Å². The molecule has 22 heavy (non-hydrogen) atoms. The van der Waals surface area contributed by atoms with E-state index in [-0.39, 0.29) is 5.91 Å². The van der Waals surface area contributed by atoms with E-state index < -0.39 is 11.6 Å². The molecule has 1 aliphatic rings. The summed E-state index contributed by atoms with van der Waals surface area (Å²) in [7, 11) is 1.65. The van der Waals surface area contributed by atoms with Crippen LogP contribution in [0.5, 0.6) is 0 Å². The lowest BCUT2D eigenvalue weighted by Crippen LogP contribution is -2.49. The second-order valence-electron chi connectivity index (χ2n) is 5.33. The van der Waals surface area contributed by atoms with Gasteiger partial charge in [-0.2, -0.15) is 0 Å². The van der Waals surface area contributed by atoms with Crippen molar-refractivity contribution in [1.82, 2.24) is 4.90 Å². The molecule has 3 amide bonds. The van der Waals surface area contributed by atoms with Crippen LogP contribution in [0.15, 0.2) is 36.9 Å². The summed E-state index contributed by atoms with van der Waals surface area (Å²) in [6.07, 6.45) is 3.01. The van der Waals surface area contributed by atoms with E-state index in [4.69, 9.17) is 10.5 Å². The Labute approximate surface area is 129 Å². The van der Waals surface area contributed by atoms with Crippen molar-refractivity contribution in [2.24, 2.45) is 5.73 Å². The summed E-state index contributed by atoms with van der Waals surface area (Å²) in [5, 5.41) is 2.52. The molecule has 1 fully saturated rings. The second-order valence-corrected chi connectivity index (χ2v) is 5.33. The topological polar surface area (TPSA) is 84.7 Å². The van der Waals surface area contributed by atoms with Crippen molar-refractivity contribution < 1.29 is 14.3 Å². The number of nitrogens with one attached hydrogen (secondary N) is 1. The van der Waals surface area contributed by atoms with Crippen molar-refractivity contribution in [3.8, 4) is 0 Å². The molecule has 1 unspecified atom stereocenters. The Morgan fingerprint density at radius 2 is 2.09 bits per heavy atom. The average molecular weight is 303 g/mol. The van der Waals surface area contributed by atoms with E-state index in [0.29, 0.717) is 18.8 Å². The zero-order chi connectivity index (χ0) is 16.2. The number of nitrogens with two attached hydrogens (primary N) is 1. The minimum atomic E-state index is -0.602. The molecule has 1 aliphatic heterocycles. The SMILES string of the molecule is C=CC(=O)N1CCCC(OC)(c2ccc(NC(N)=O)cc2)C1. The highest BCUT2D eigenvalue weighted by Crippen LogP contribution is 2.35. The lowest BCUT2D eigenvalue weighted by molar-refractivity contribution is -0.136. The molecule has 1 aromatic carbocycles. The molecule has 0 saturated carbocycles. The first-order valence-corrected chi connectivity index (χ1v) is 7.14. The van der Waals surface area contributed by atoms with Gasteiger partial charge in [-0.3, -0.25) is 4.79 Å². The number of primary amides is 1. The fourth-order valence-corrected chi connectivity index (χ4v) is 2.86. The van der Waals surface area contributed by atoms with E-state index in [9.17, 15) is 9.59 Å². The number of hydrogen-bond acceptors (Lipinski definition) is 3. The number of carbonyl (C=O) groups is 2. The van der Waals surface area contributed by atoms with E-state index in [2.05, 4.69) is 11.9 Å². The number of benzene rings is 1. The fourth-order valence-electron chi connectivity index (χ4n) is 2.86. The van der Waals surface area contributed by atoms with Crippen LogP contribution >= 0.6 is 0 Å². The zero-order valence-electron chi connectivity index (χ0n) is 12.7. The van der Waals surface area contributed by atoms with Gasteiger partial charge in [-0.25, -0.2) is 4.79 Å². The molecule has 1 aromatic rings. The molecule has 0 spiro atoms. The van der Waals surface area contributed by atoms with E-state index in [1.54, 1.807) is 24.1 Å². The van der Waals surface area contributed by atoms with Gasteiger partial charge >= 0.3 is 6.03 Å². The summed E-state index contributed by atoms with van der Waals surface area (Å²) in [6, 6.07) is 6.71. The van der Waals surface area contributed by atoms with E-state index in [0.717, 1.165) is 18.4 Å². The summed E-state index contributed by atoms with van der Waals surface area (Å²) in [5.74, 6) is -0.0897. The summed E-state index contributed by atoms with van der Waals surface area (Å²) < 4.78 is 5.77. The number of anilines is 1. The Kier molecular flexibility index (Phi) is 4.82. The molecule has 0 aliphatic carbocycles. The number of hydrogen-bond donors (Lipinski definition) is 2. The molecule has 0 radical (unpaired) electrons. The number of piperidine rings is 1. The fraction of sp³-hybridized carbons (Fsp3) is 0.375. The molecule has 2 rings (SSSR count). The molecule has 1 saturated heterocycles. The minimum absolute atomic E-state index is 0.0897. The largest absolute Gasteiger partial charge is 0.372 e. The quantitative estimate of drug-likeness (QED) is 0.832. The van der Waals surface area contributed by atoms with Crippen molar-refractivity contribution in [2.75, 3.05) is 25.5 Å². The third-order valence-electron chi connectivity index (χ3n) is 4.01. The highest BCUT2D eigenvalue weighted by molar-refractivity contribution is 5.88. The number of nitrogens with zero attached hydrogens (tertiary/aromatic N) is 1. The third-order valence-corrected chi connectivity index (χ3v) is 4.01. The highest BCUT2D eigenvalue weighted by Gasteiger charge is 2.38. The predicted molar refractivity (Wildman–Crippen MR) is 84.3 cm³/mol. The lowest BCUT2D eigenvalue weighted by atomic mass is 9.85. The van der Waals surface area contributed by atoms with Crippen LogP contribution in [-0.2, 0) is 15.1 Å². The van der Waals surface area contributed by atoms with Gasteiger partial charge < -0.3 is 20.7 Å². The molecule has 118 valence electrons. The van der Waals surface area contributed by atoms with Crippen LogP contribution in [-0.4, -0.2) is 37.0 Å². The third kappa shape index (κ3) is 3.28. The van der Waals surface area contributed by atoms with Crippen LogP contribution in [0, 0.1) is 0 Å². The maximum Gasteiger partial charge on any atom is 0.316 e. The molecular weight excluding hydrogens is 282 g/mol. The molecule has 3 N–H and O–H groups in total. The number of rotatable bonds is 4. The van der Waals surface area contributed by atoms with Gasteiger partial charge in [0, 0.05) is 19.3 Å². The van der Waals surface area contributed by atoms with Crippen LogP contribution in [0.1, 0.15) is 18.4 Å². The molecule has 0 bridgehead atoms. The number of likely N-dealkylation sites (tertiary alicyclic amines) is 1. The van der Waals surface area contributed by atoms with Crippen molar-refractivity contribution in [1.29, 1.82) is 0 Å². The zero-order valence-corrected chi connectivity index (χ0v) is 12.7. The van der Waals surface area contributed by atoms with Gasteiger partial charge in [0.15, 0.2) is 0 Å². The summed E-state index contributed by atoms with van der Waals surface area (Å²) in [5.41, 5.74) is 6.14. The molecular formula is C16H21N3O3. The minimum Gasteiger partial charge on any atom is -0.372 e. The average Bonchev–Trinajstić information content (AvgIpc) is 2.54. The number of ether oxygens (including phenoxy) is 1. The van der Waals surface area contributed by atoms with Gasteiger partial charge in [-0.15, -0.1) is 0 Å². The first-order valence-electron chi connectivity index (χ1n) is 7.14. The smallest absolute Gasteiger partial charge is 0.316 e. The van der Waals surface area contributed by atoms with E-state index in [1.165, 1.54) is 6.08 Å². The van der Waals surface area contributed by atoms with E-state index >= 15 is 0 Å². The summed E-state index contributed by atoms with van der Waals surface area (Å²) in [6.45, 7) is 4.73. The lowest BCUT2D eigenvalue weighted by Gasteiger charge is -2.42. The van der Waals surface area contributed by atoms with Crippen molar-refractivity contribution >= 4 is 17.6 Å². The molecule has 6 heteroatoms. The van der Waals surface area contributed by atoms with Crippen LogP contribution in [0.2, 0.25) is 0 Å². The van der Waals surface area contributed by atoms with Gasteiger partial charge in [0.1, 0.15) is 5.60 Å². The number of amides is 3. The van der Waals surface area contributed by atoms with Crippen LogP contribution < -0.4 is 11.1 Å². The van der Waals surface area contributed by atoms with Gasteiger partial charge in [-0.05, 0) is 36.6 Å². The van der Waals surface area contributed by atoms with Gasteiger partial charge in [-0.1, -0.05) is 18.7 Å². The Bertz CT molecular complexity index is 571.